The van der Waals surface area contributed by atoms with E-state index in [0.717, 1.165) is 151 Å². The van der Waals surface area contributed by atoms with E-state index in [1.54, 1.807) is 9.80 Å². The first-order valence-corrected chi connectivity index (χ1v) is 28.8. The monoisotopic (exact) mass is 1120 g/mol. The van der Waals surface area contributed by atoms with Gasteiger partial charge in [0.05, 0.1) is 56.1 Å². The van der Waals surface area contributed by atoms with Crippen LogP contribution in [-0.2, 0) is 41.5 Å². The van der Waals surface area contributed by atoms with Crippen LogP contribution in [0.4, 0.5) is 22.7 Å². The van der Waals surface area contributed by atoms with Gasteiger partial charge in [0.1, 0.15) is 11.5 Å². The number of amides is 2. The molecule has 4 aromatic rings. The molecule has 4 heterocycles. The molecular weight excluding hydrogens is 1050 g/mol. The lowest BCUT2D eigenvalue weighted by Crippen LogP contribution is -2.46. The summed E-state index contributed by atoms with van der Waals surface area (Å²) in [7, 11) is 0. The molecule has 0 radical (unpaired) electrons. The largest absolute Gasteiger partial charge is 0.494 e. The molecule has 0 atom stereocenters. The molecule has 4 aliphatic rings. The number of carbonyl (C=O) groups is 4. The molecule has 0 aliphatic carbocycles. The summed E-state index contributed by atoms with van der Waals surface area (Å²) < 4.78 is 23.5. The fourth-order valence-corrected chi connectivity index (χ4v) is 11.1. The van der Waals surface area contributed by atoms with Crippen molar-refractivity contribution in [3.63, 3.8) is 0 Å². The van der Waals surface area contributed by atoms with Crippen LogP contribution in [0.1, 0.15) is 101 Å². The molecule has 76 heavy (non-hydrogen) atoms. The average molecular weight is 1120 g/mol. The number of anilines is 4. The second kappa shape index (κ2) is 29.1. The van der Waals surface area contributed by atoms with Crippen LogP contribution in [0.3, 0.4) is 0 Å². The van der Waals surface area contributed by atoms with E-state index in [4.69, 9.17) is 65.4 Å². The van der Waals surface area contributed by atoms with Crippen molar-refractivity contribution < 1.29 is 38.1 Å². The van der Waals surface area contributed by atoms with Crippen LogP contribution in [0.15, 0.2) is 72.8 Å². The molecule has 4 aromatic carbocycles. The van der Waals surface area contributed by atoms with Gasteiger partial charge in [0.25, 0.3) is 0 Å². The number of esters is 2. The van der Waals surface area contributed by atoms with Crippen molar-refractivity contribution in [2.45, 2.75) is 103 Å². The SMILES string of the molecule is O=C(CCCCCCCCC(=O)OCN1C(=O)CCc2ccc(OCCCCN3CCN(c4cccc(Cl)c4Cl)CC3)cc21)OCN1C(=O)CCc2ccc(OCCCCN3CCN(c4cccc(Cl)c4Cl)CC3)cc21. The molecule has 410 valence electrons. The second-order valence-electron chi connectivity index (χ2n) is 20.1. The molecule has 0 saturated carbocycles. The number of carbonyl (C=O) groups excluding carboxylic acids is 4. The summed E-state index contributed by atoms with van der Waals surface area (Å²) in [6.07, 6.45) is 11.2. The van der Waals surface area contributed by atoms with Crippen molar-refractivity contribution >= 4 is 92.9 Å². The van der Waals surface area contributed by atoms with E-state index in [1.165, 1.54) is 0 Å². The molecule has 14 nitrogen and oxygen atoms in total. The Labute approximate surface area is 468 Å². The van der Waals surface area contributed by atoms with Crippen LogP contribution in [-0.4, -0.2) is 126 Å². The maximum absolute atomic E-state index is 13.0. The Bertz CT molecular complexity index is 2420. The summed E-state index contributed by atoms with van der Waals surface area (Å²) in [4.78, 5) is 64.1. The first-order chi connectivity index (χ1) is 37.0. The number of nitrogens with zero attached hydrogens (tertiary/aromatic N) is 6. The Morgan fingerprint density at radius 1 is 0.447 bits per heavy atom. The number of halogens is 4. The first-order valence-electron chi connectivity index (χ1n) is 27.3. The molecule has 0 N–H and O–H groups in total. The van der Waals surface area contributed by atoms with Gasteiger partial charge in [0, 0.05) is 90.2 Å². The number of aryl methyl sites for hydroxylation is 2. The van der Waals surface area contributed by atoms with Crippen LogP contribution in [0.5, 0.6) is 11.5 Å². The van der Waals surface area contributed by atoms with Crippen LogP contribution >= 0.6 is 46.4 Å². The normalized spacial score (nSPS) is 16.2. The topological polar surface area (TPSA) is 125 Å². The predicted molar refractivity (Wildman–Crippen MR) is 303 cm³/mol. The van der Waals surface area contributed by atoms with E-state index in [9.17, 15) is 19.2 Å². The molecule has 0 spiro atoms. The van der Waals surface area contributed by atoms with E-state index < -0.39 is 0 Å². The fourth-order valence-electron chi connectivity index (χ4n) is 10.3. The zero-order chi connectivity index (χ0) is 53.2. The average Bonchev–Trinajstić information content (AvgIpc) is 3.42. The van der Waals surface area contributed by atoms with Gasteiger partial charge < -0.3 is 28.7 Å². The zero-order valence-electron chi connectivity index (χ0n) is 43.6. The highest BCUT2D eigenvalue weighted by Gasteiger charge is 2.28. The number of unbranched alkanes of at least 4 members (excludes halogenated alkanes) is 7. The van der Waals surface area contributed by atoms with E-state index in [0.29, 0.717) is 83.3 Å². The third-order valence-corrected chi connectivity index (χ3v) is 16.4. The molecule has 2 amide bonds. The number of benzene rings is 4. The minimum Gasteiger partial charge on any atom is -0.494 e. The number of hydrogen-bond acceptors (Lipinski definition) is 12. The minimum absolute atomic E-state index is 0.0777. The Balaban J connectivity index is 0.647. The molecule has 2 fully saturated rings. The lowest BCUT2D eigenvalue weighted by molar-refractivity contribution is -0.145. The van der Waals surface area contributed by atoms with Gasteiger partial charge in [0.15, 0.2) is 13.5 Å². The van der Waals surface area contributed by atoms with Gasteiger partial charge in [-0.3, -0.25) is 38.8 Å². The van der Waals surface area contributed by atoms with Crippen LogP contribution in [0, 0.1) is 0 Å². The molecule has 4 aliphatic heterocycles. The molecule has 0 unspecified atom stereocenters. The van der Waals surface area contributed by atoms with Gasteiger partial charge in [-0.05, 0) is 112 Å². The Hall–Kier alpha value is -4.96. The highest BCUT2D eigenvalue weighted by atomic mass is 35.5. The first kappa shape index (κ1) is 57.2. The number of ether oxygens (including phenoxy) is 4. The predicted octanol–water partition coefficient (Wildman–Crippen LogP) is 11.6. The highest BCUT2D eigenvalue weighted by molar-refractivity contribution is 6.44. The van der Waals surface area contributed by atoms with E-state index in [1.807, 2.05) is 72.8 Å². The van der Waals surface area contributed by atoms with Gasteiger partial charge in [-0.1, -0.05) is 96.4 Å². The lowest BCUT2D eigenvalue weighted by Gasteiger charge is -2.36. The number of rotatable bonds is 27. The van der Waals surface area contributed by atoms with E-state index in [2.05, 4.69) is 19.6 Å². The van der Waals surface area contributed by atoms with Crippen molar-refractivity contribution in [2.24, 2.45) is 0 Å². The highest BCUT2D eigenvalue weighted by Crippen LogP contribution is 2.36. The lowest BCUT2D eigenvalue weighted by atomic mass is 10.0. The molecule has 18 heteroatoms. The Morgan fingerprint density at radius 3 is 1.28 bits per heavy atom. The third kappa shape index (κ3) is 16.3. The Kier molecular flexibility index (Phi) is 21.9. The summed E-state index contributed by atoms with van der Waals surface area (Å²) >= 11 is 25.4. The summed E-state index contributed by atoms with van der Waals surface area (Å²) in [6.45, 7) is 10.3. The van der Waals surface area contributed by atoms with Gasteiger partial charge in [-0.2, -0.15) is 0 Å². The molecule has 0 aromatic heterocycles. The van der Waals surface area contributed by atoms with Crippen LogP contribution in [0.2, 0.25) is 20.1 Å². The number of fused-ring (bicyclic) bond motifs is 2. The minimum atomic E-state index is -0.335. The molecular formula is C58H72Cl4N6O8. The van der Waals surface area contributed by atoms with Crippen molar-refractivity contribution in [2.75, 3.05) is 112 Å². The van der Waals surface area contributed by atoms with Crippen LogP contribution < -0.4 is 29.1 Å². The van der Waals surface area contributed by atoms with Gasteiger partial charge in [-0.15, -0.1) is 0 Å². The van der Waals surface area contributed by atoms with E-state index in [-0.39, 0.29) is 50.1 Å². The smallest absolute Gasteiger partial charge is 0.307 e. The molecule has 0 bridgehead atoms. The van der Waals surface area contributed by atoms with E-state index >= 15 is 0 Å². The molecule has 8 rings (SSSR count). The van der Waals surface area contributed by atoms with Gasteiger partial charge in [-0.25, -0.2) is 0 Å². The van der Waals surface area contributed by atoms with Crippen molar-refractivity contribution in [3.05, 3.63) is 104 Å². The van der Waals surface area contributed by atoms with Gasteiger partial charge in [0.2, 0.25) is 11.8 Å². The fraction of sp³-hybridized carbons (Fsp3) is 0.517. The number of piperazine rings is 2. The maximum Gasteiger partial charge on any atom is 0.307 e. The van der Waals surface area contributed by atoms with Crippen molar-refractivity contribution in [1.29, 1.82) is 0 Å². The maximum atomic E-state index is 13.0. The summed E-state index contributed by atoms with van der Waals surface area (Å²) in [5.74, 6) is 0.557. The summed E-state index contributed by atoms with van der Waals surface area (Å²) in [5.41, 5.74) is 5.50. The zero-order valence-corrected chi connectivity index (χ0v) is 46.6. The number of hydrogen-bond donors (Lipinski definition) is 0. The standard InChI is InChI=1S/C58H72Cl4N6O8/c59-47-13-11-15-49(57(47)61)65-33-29-63(30-34-65)27-7-9-37-73-45-23-19-43-21-25-53(69)67(51(43)39-45)41-75-55(71)17-5-3-1-2-4-6-18-56(72)76-42-68-52-40-46(24-20-44(52)22-26-54(68)70)74-38-10-8-28-64-31-35-66(36-32-64)50-16-12-14-48(60)58(50)62/h11-16,19-20,23-24,39-40H,1-10,17-18,21-22,25-38,41-42H2. The third-order valence-electron chi connectivity index (χ3n) is 14.8. The van der Waals surface area contributed by atoms with Crippen molar-refractivity contribution in [1.82, 2.24) is 9.80 Å². The molecule has 2 saturated heterocycles. The quantitative estimate of drug-likeness (QED) is 0.0417. The Morgan fingerprint density at radius 2 is 0.855 bits per heavy atom. The second-order valence-corrected chi connectivity index (χ2v) is 21.6. The summed E-state index contributed by atoms with van der Waals surface area (Å²) in [5, 5.41) is 2.38. The van der Waals surface area contributed by atoms with Crippen molar-refractivity contribution in [3.8, 4) is 11.5 Å². The van der Waals surface area contributed by atoms with Crippen LogP contribution in [0.25, 0.3) is 0 Å². The van der Waals surface area contributed by atoms with Gasteiger partial charge >= 0.3 is 11.9 Å². The summed E-state index contributed by atoms with van der Waals surface area (Å²) in [6, 6.07) is 23.2.